The van der Waals surface area contributed by atoms with Crippen LogP contribution in [0.5, 0.6) is 0 Å². The van der Waals surface area contributed by atoms with Gasteiger partial charge in [0, 0.05) is 37.0 Å². The van der Waals surface area contributed by atoms with E-state index in [1.165, 1.54) is 12.3 Å². The number of hydrogen-bond acceptors (Lipinski definition) is 3. The van der Waals surface area contributed by atoms with Crippen LogP contribution in [0, 0.1) is 0 Å². The molecule has 5 heteroatoms. The van der Waals surface area contributed by atoms with Gasteiger partial charge in [-0.05, 0) is 31.7 Å². The molecule has 0 aromatic carbocycles. The summed E-state index contributed by atoms with van der Waals surface area (Å²) >= 11 is 0. The molecule has 0 unspecified atom stereocenters. The zero-order chi connectivity index (χ0) is 13.1. The molecule has 1 aromatic rings. The Kier molecular flexibility index (Phi) is 3.81. The number of nitrogens with one attached hydrogen (secondary N) is 1. The molecule has 0 aliphatic heterocycles. The van der Waals surface area contributed by atoms with E-state index in [1.54, 1.807) is 18.0 Å². The van der Waals surface area contributed by atoms with Crippen molar-refractivity contribution in [2.45, 2.75) is 37.8 Å². The monoisotopic (exact) mass is 249 g/mol. The Balaban J connectivity index is 2.07. The summed E-state index contributed by atoms with van der Waals surface area (Å²) in [5.74, 6) is -0.0958. The summed E-state index contributed by atoms with van der Waals surface area (Å²) in [5.41, 5.74) is 6.05. The predicted octanol–water partition coefficient (Wildman–Crippen LogP) is 0.717. The molecule has 5 nitrogen and oxygen atoms in total. The SMILES string of the molecule is CN(C(=O)c1cc[nH]c(=O)c1)C1CCC(N)CC1. The van der Waals surface area contributed by atoms with Crippen LogP contribution in [0.1, 0.15) is 36.0 Å². The van der Waals surface area contributed by atoms with E-state index in [4.69, 9.17) is 5.73 Å². The topological polar surface area (TPSA) is 79.2 Å². The first-order valence-electron chi connectivity index (χ1n) is 6.29. The van der Waals surface area contributed by atoms with E-state index in [9.17, 15) is 9.59 Å². The number of pyridine rings is 1. The fourth-order valence-electron chi connectivity index (χ4n) is 2.44. The lowest BCUT2D eigenvalue weighted by Crippen LogP contribution is -2.42. The Bertz CT molecular complexity index is 475. The number of carbonyl (C=O) groups excluding carboxylic acids is 1. The molecular formula is C13H19N3O2. The third-order valence-electron chi connectivity index (χ3n) is 3.63. The molecule has 18 heavy (non-hydrogen) atoms. The van der Waals surface area contributed by atoms with Crippen LogP contribution in [0.3, 0.4) is 0 Å². The van der Waals surface area contributed by atoms with Crippen molar-refractivity contribution in [3.8, 4) is 0 Å². The highest BCUT2D eigenvalue weighted by molar-refractivity contribution is 5.94. The Labute approximate surface area is 106 Å². The van der Waals surface area contributed by atoms with Crippen LogP contribution in [0.2, 0.25) is 0 Å². The minimum atomic E-state index is -0.250. The highest BCUT2D eigenvalue weighted by atomic mass is 16.2. The molecule has 3 N–H and O–H groups in total. The van der Waals surface area contributed by atoms with Gasteiger partial charge in [0.15, 0.2) is 0 Å². The van der Waals surface area contributed by atoms with Gasteiger partial charge in [-0.15, -0.1) is 0 Å². The van der Waals surface area contributed by atoms with Gasteiger partial charge >= 0.3 is 0 Å². The normalized spacial score (nSPS) is 23.7. The fraction of sp³-hybridized carbons (Fsp3) is 0.538. The molecule has 0 atom stereocenters. The number of hydrogen-bond donors (Lipinski definition) is 2. The number of carbonyl (C=O) groups is 1. The quantitative estimate of drug-likeness (QED) is 0.810. The van der Waals surface area contributed by atoms with Crippen molar-refractivity contribution in [2.75, 3.05) is 7.05 Å². The van der Waals surface area contributed by atoms with Gasteiger partial charge in [-0.2, -0.15) is 0 Å². The number of nitrogens with two attached hydrogens (primary N) is 1. The summed E-state index contributed by atoms with van der Waals surface area (Å²) in [5, 5.41) is 0. The van der Waals surface area contributed by atoms with E-state index in [1.807, 2.05) is 0 Å². The van der Waals surface area contributed by atoms with Gasteiger partial charge in [0.1, 0.15) is 0 Å². The molecule has 0 radical (unpaired) electrons. The molecule has 98 valence electrons. The Morgan fingerprint density at radius 2 is 2.06 bits per heavy atom. The molecule has 0 saturated heterocycles. The number of aromatic nitrogens is 1. The lowest BCUT2D eigenvalue weighted by molar-refractivity contribution is 0.0689. The highest BCUT2D eigenvalue weighted by Crippen LogP contribution is 2.22. The van der Waals surface area contributed by atoms with Crippen molar-refractivity contribution < 1.29 is 4.79 Å². The number of H-pyrrole nitrogens is 1. The second-order valence-electron chi connectivity index (χ2n) is 4.93. The van der Waals surface area contributed by atoms with Crippen LogP contribution >= 0.6 is 0 Å². The fourth-order valence-corrected chi connectivity index (χ4v) is 2.44. The molecule has 1 heterocycles. The third-order valence-corrected chi connectivity index (χ3v) is 3.63. The number of rotatable bonds is 2. The zero-order valence-electron chi connectivity index (χ0n) is 10.6. The van der Waals surface area contributed by atoms with Crippen LogP contribution < -0.4 is 11.3 Å². The van der Waals surface area contributed by atoms with Gasteiger partial charge in [0.25, 0.3) is 5.91 Å². The molecule has 1 aromatic heterocycles. The molecule has 1 aliphatic rings. The standard InChI is InChI=1S/C13H19N3O2/c1-16(11-4-2-10(14)3-5-11)13(18)9-6-7-15-12(17)8-9/h6-8,10-11H,2-5,14H2,1H3,(H,15,17). The van der Waals surface area contributed by atoms with Crippen molar-refractivity contribution in [1.29, 1.82) is 0 Å². The number of amides is 1. The average molecular weight is 249 g/mol. The van der Waals surface area contributed by atoms with Gasteiger partial charge < -0.3 is 15.6 Å². The second kappa shape index (κ2) is 5.35. The van der Waals surface area contributed by atoms with E-state index in [-0.39, 0.29) is 23.6 Å². The molecular weight excluding hydrogens is 230 g/mol. The first-order valence-corrected chi connectivity index (χ1v) is 6.29. The smallest absolute Gasteiger partial charge is 0.254 e. The van der Waals surface area contributed by atoms with Gasteiger partial charge in [-0.25, -0.2) is 0 Å². The Morgan fingerprint density at radius 3 is 2.67 bits per heavy atom. The largest absolute Gasteiger partial charge is 0.339 e. The van der Waals surface area contributed by atoms with E-state index >= 15 is 0 Å². The highest BCUT2D eigenvalue weighted by Gasteiger charge is 2.25. The van der Waals surface area contributed by atoms with Gasteiger partial charge in [-0.3, -0.25) is 9.59 Å². The van der Waals surface area contributed by atoms with E-state index in [0.29, 0.717) is 5.56 Å². The lowest BCUT2D eigenvalue weighted by Gasteiger charge is -2.33. The second-order valence-corrected chi connectivity index (χ2v) is 4.93. The number of aromatic amines is 1. The minimum Gasteiger partial charge on any atom is -0.339 e. The summed E-state index contributed by atoms with van der Waals surface area (Å²) in [6.07, 6.45) is 5.29. The lowest BCUT2D eigenvalue weighted by atomic mass is 9.91. The number of nitrogens with zero attached hydrogens (tertiary/aromatic N) is 1. The van der Waals surface area contributed by atoms with Crippen LogP contribution in [-0.4, -0.2) is 34.9 Å². The van der Waals surface area contributed by atoms with Crippen LogP contribution in [-0.2, 0) is 0 Å². The van der Waals surface area contributed by atoms with Crippen molar-refractivity contribution >= 4 is 5.91 Å². The molecule has 0 bridgehead atoms. The van der Waals surface area contributed by atoms with Crippen molar-refractivity contribution in [2.24, 2.45) is 5.73 Å². The maximum Gasteiger partial charge on any atom is 0.254 e. The summed E-state index contributed by atoms with van der Waals surface area (Å²) in [7, 11) is 1.80. The molecule has 2 rings (SSSR count). The van der Waals surface area contributed by atoms with Crippen molar-refractivity contribution in [3.05, 3.63) is 34.2 Å². The van der Waals surface area contributed by atoms with E-state index < -0.39 is 0 Å². The maximum absolute atomic E-state index is 12.2. The molecule has 1 saturated carbocycles. The van der Waals surface area contributed by atoms with Crippen LogP contribution in [0.25, 0.3) is 0 Å². The Hall–Kier alpha value is -1.62. The summed E-state index contributed by atoms with van der Waals surface area (Å²) in [6, 6.07) is 3.48. The summed E-state index contributed by atoms with van der Waals surface area (Å²) in [6.45, 7) is 0. The van der Waals surface area contributed by atoms with Crippen molar-refractivity contribution in [3.63, 3.8) is 0 Å². The van der Waals surface area contributed by atoms with Gasteiger partial charge in [-0.1, -0.05) is 0 Å². The Morgan fingerprint density at radius 1 is 1.39 bits per heavy atom. The molecule has 1 aliphatic carbocycles. The molecule has 0 spiro atoms. The summed E-state index contributed by atoms with van der Waals surface area (Å²) in [4.78, 5) is 27.7. The maximum atomic E-state index is 12.2. The van der Waals surface area contributed by atoms with E-state index in [2.05, 4.69) is 4.98 Å². The van der Waals surface area contributed by atoms with Crippen LogP contribution in [0.15, 0.2) is 23.1 Å². The van der Waals surface area contributed by atoms with Crippen LogP contribution in [0.4, 0.5) is 0 Å². The predicted molar refractivity (Wildman–Crippen MR) is 69.4 cm³/mol. The minimum absolute atomic E-state index is 0.0958. The van der Waals surface area contributed by atoms with Crippen molar-refractivity contribution in [1.82, 2.24) is 9.88 Å². The zero-order valence-corrected chi connectivity index (χ0v) is 10.6. The van der Waals surface area contributed by atoms with Gasteiger partial charge in [0.2, 0.25) is 5.56 Å². The molecule has 1 amide bonds. The third kappa shape index (κ3) is 2.79. The average Bonchev–Trinajstić information content (AvgIpc) is 2.38. The van der Waals surface area contributed by atoms with Gasteiger partial charge in [0.05, 0.1) is 0 Å². The summed E-state index contributed by atoms with van der Waals surface area (Å²) < 4.78 is 0. The van der Waals surface area contributed by atoms with E-state index in [0.717, 1.165) is 25.7 Å². The first kappa shape index (κ1) is 12.8. The first-order chi connectivity index (χ1) is 8.58. The molecule has 1 fully saturated rings.